The van der Waals surface area contributed by atoms with Crippen molar-refractivity contribution in [3.63, 3.8) is 0 Å². The minimum Gasteiger partial charge on any atom is -0.472 e. The van der Waals surface area contributed by atoms with Gasteiger partial charge in [0.15, 0.2) is 0 Å². The minimum absolute atomic E-state index is 0.0522. The Labute approximate surface area is 128 Å². The topological polar surface area (TPSA) is 73.3 Å². The number of aromatic nitrogens is 2. The smallest absolute Gasteiger partial charge is 0.253 e. The molecule has 1 amide bonds. The summed E-state index contributed by atoms with van der Waals surface area (Å²) < 4.78 is 10.9. The van der Waals surface area contributed by atoms with Crippen molar-refractivity contribution in [1.29, 1.82) is 0 Å². The van der Waals surface area contributed by atoms with Crippen molar-refractivity contribution in [2.45, 2.75) is 19.1 Å². The monoisotopic (exact) mass is 299 g/mol. The molecule has 1 fully saturated rings. The molecule has 0 radical (unpaired) electrons. The van der Waals surface area contributed by atoms with Gasteiger partial charge in [0, 0.05) is 24.9 Å². The van der Waals surface area contributed by atoms with Crippen LogP contribution < -0.4 is 10.1 Å². The predicted octanol–water partition coefficient (Wildman–Crippen LogP) is 1.57. The molecule has 1 unspecified atom stereocenters. The Bertz CT molecular complexity index is 610. The highest BCUT2D eigenvalue weighted by Gasteiger charge is 2.17. The van der Waals surface area contributed by atoms with Gasteiger partial charge in [-0.25, -0.2) is 4.98 Å². The second kappa shape index (κ2) is 7.00. The number of rotatable bonds is 5. The molecular formula is C16H17N3O3. The first-order valence-corrected chi connectivity index (χ1v) is 7.20. The highest BCUT2D eigenvalue weighted by atomic mass is 16.5. The van der Waals surface area contributed by atoms with E-state index in [1.165, 1.54) is 6.20 Å². The first-order valence-electron chi connectivity index (χ1n) is 7.20. The Morgan fingerprint density at radius 2 is 2.27 bits per heavy atom. The van der Waals surface area contributed by atoms with Crippen LogP contribution in [0.15, 0.2) is 42.7 Å². The zero-order valence-electron chi connectivity index (χ0n) is 12.1. The van der Waals surface area contributed by atoms with E-state index in [1.807, 2.05) is 18.2 Å². The van der Waals surface area contributed by atoms with Crippen LogP contribution in [-0.2, 0) is 11.3 Å². The Morgan fingerprint density at radius 1 is 1.32 bits per heavy atom. The van der Waals surface area contributed by atoms with Crippen molar-refractivity contribution in [2.24, 2.45) is 0 Å². The van der Waals surface area contributed by atoms with E-state index >= 15 is 0 Å². The molecule has 3 heterocycles. The van der Waals surface area contributed by atoms with E-state index in [2.05, 4.69) is 15.3 Å². The van der Waals surface area contributed by atoms with Gasteiger partial charge in [0.25, 0.3) is 5.91 Å². The number of ether oxygens (including phenoxy) is 2. The number of nitrogens with one attached hydrogen (secondary N) is 1. The van der Waals surface area contributed by atoms with Crippen LogP contribution in [-0.4, -0.2) is 35.2 Å². The van der Waals surface area contributed by atoms with Crippen LogP contribution in [0.4, 0.5) is 0 Å². The number of pyridine rings is 2. The van der Waals surface area contributed by atoms with Crippen LogP contribution in [0.3, 0.4) is 0 Å². The molecule has 6 nitrogen and oxygen atoms in total. The molecule has 114 valence electrons. The van der Waals surface area contributed by atoms with Gasteiger partial charge in [-0.2, -0.15) is 0 Å². The molecule has 1 atom stereocenters. The lowest BCUT2D eigenvalue weighted by atomic mass is 10.2. The summed E-state index contributed by atoms with van der Waals surface area (Å²) in [7, 11) is 0. The Balaban J connectivity index is 1.54. The fourth-order valence-electron chi connectivity index (χ4n) is 2.14. The summed E-state index contributed by atoms with van der Waals surface area (Å²) in [6.07, 6.45) is 4.13. The van der Waals surface area contributed by atoms with Gasteiger partial charge in [-0.15, -0.1) is 0 Å². The van der Waals surface area contributed by atoms with Crippen molar-refractivity contribution in [1.82, 2.24) is 15.3 Å². The highest BCUT2D eigenvalue weighted by Crippen LogP contribution is 2.14. The van der Waals surface area contributed by atoms with Crippen molar-refractivity contribution in [3.8, 4) is 5.88 Å². The third-order valence-electron chi connectivity index (χ3n) is 3.33. The van der Waals surface area contributed by atoms with Crippen molar-refractivity contribution in [3.05, 3.63) is 54.0 Å². The number of carbonyl (C=O) groups is 1. The van der Waals surface area contributed by atoms with Gasteiger partial charge in [-0.05, 0) is 18.2 Å². The maximum atomic E-state index is 12.0. The summed E-state index contributed by atoms with van der Waals surface area (Å²) in [4.78, 5) is 20.4. The number of nitrogens with zero attached hydrogens (tertiary/aromatic N) is 2. The molecule has 0 saturated carbocycles. The fraction of sp³-hybridized carbons (Fsp3) is 0.312. The van der Waals surface area contributed by atoms with Crippen LogP contribution in [0, 0.1) is 0 Å². The Kier molecular flexibility index (Phi) is 4.60. The quantitative estimate of drug-likeness (QED) is 0.907. The first-order chi connectivity index (χ1) is 10.8. The van der Waals surface area contributed by atoms with Gasteiger partial charge < -0.3 is 14.8 Å². The van der Waals surface area contributed by atoms with E-state index in [0.29, 0.717) is 24.6 Å². The SMILES string of the molecule is O=C(NCc1ccccn1)c1ccc(OC2CCOC2)nc1. The summed E-state index contributed by atoms with van der Waals surface area (Å²) in [5, 5.41) is 2.81. The lowest BCUT2D eigenvalue weighted by Gasteiger charge is -2.11. The van der Waals surface area contributed by atoms with Gasteiger partial charge in [-0.1, -0.05) is 6.07 Å². The van der Waals surface area contributed by atoms with E-state index in [0.717, 1.165) is 18.7 Å². The molecular weight excluding hydrogens is 282 g/mol. The van der Waals surface area contributed by atoms with Gasteiger partial charge >= 0.3 is 0 Å². The number of amides is 1. The maximum absolute atomic E-state index is 12.0. The van der Waals surface area contributed by atoms with E-state index in [1.54, 1.807) is 18.3 Å². The molecule has 1 aliphatic heterocycles. The lowest BCUT2D eigenvalue weighted by Crippen LogP contribution is -2.23. The average molecular weight is 299 g/mol. The summed E-state index contributed by atoms with van der Waals surface area (Å²) in [5.41, 5.74) is 1.30. The standard InChI is InChI=1S/C16H17N3O3/c20-16(19-10-13-3-1-2-7-17-13)12-4-5-15(18-9-12)22-14-6-8-21-11-14/h1-5,7,9,14H,6,8,10-11H2,(H,19,20). The predicted molar refractivity (Wildman–Crippen MR) is 79.5 cm³/mol. The summed E-state index contributed by atoms with van der Waals surface area (Å²) >= 11 is 0. The summed E-state index contributed by atoms with van der Waals surface area (Å²) in [6, 6.07) is 8.98. The zero-order valence-corrected chi connectivity index (χ0v) is 12.1. The third-order valence-corrected chi connectivity index (χ3v) is 3.33. The summed E-state index contributed by atoms with van der Waals surface area (Å²) in [6.45, 7) is 1.70. The lowest BCUT2D eigenvalue weighted by molar-refractivity contribution is 0.0949. The molecule has 3 rings (SSSR count). The highest BCUT2D eigenvalue weighted by molar-refractivity contribution is 5.93. The second-order valence-electron chi connectivity index (χ2n) is 4.99. The van der Waals surface area contributed by atoms with Crippen LogP contribution in [0.5, 0.6) is 5.88 Å². The third kappa shape index (κ3) is 3.79. The van der Waals surface area contributed by atoms with E-state index in [9.17, 15) is 4.79 Å². The molecule has 1 saturated heterocycles. The number of hydrogen-bond donors (Lipinski definition) is 1. The molecule has 2 aromatic heterocycles. The van der Waals surface area contributed by atoms with Gasteiger partial charge in [-0.3, -0.25) is 9.78 Å². The molecule has 1 aliphatic rings. The molecule has 6 heteroatoms. The molecule has 0 aromatic carbocycles. The molecule has 0 bridgehead atoms. The molecule has 2 aromatic rings. The van der Waals surface area contributed by atoms with Crippen LogP contribution >= 0.6 is 0 Å². The van der Waals surface area contributed by atoms with Crippen molar-refractivity contribution >= 4 is 5.91 Å². The van der Waals surface area contributed by atoms with Crippen molar-refractivity contribution in [2.75, 3.05) is 13.2 Å². The minimum atomic E-state index is -0.186. The Hall–Kier alpha value is -2.47. The fourth-order valence-corrected chi connectivity index (χ4v) is 2.14. The summed E-state index contributed by atoms with van der Waals surface area (Å²) in [5.74, 6) is 0.325. The second-order valence-corrected chi connectivity index (χ2v) is 4.99. The number of carbonyl (C=O) groups excluding carboxylic acids is 1. The van der Waals surface area contributed by atoms with Gasteiger partial charge in [0.05, 0.1) is 31.0 Å². The molecule has 22 heavy (non-hydrogen) atoms. The largest absolute Gasteiger partial charge is 0.472 e. The van der Waals surface area contributed by atoms with E-state index in [-0.39, 0.29) is 12.0 Å². The van der Waals surface area contributed by atoms with Gasteiger partial charge in [0.1, 0.15) is 6.10 Å². The van der Waals surface area contributed by atoms with Crippen LogP contribution in [0.25, 0.3) is 0 Å². The molecule has 0 aliphatic carbocycles. The van der Waals surface area contributed by atoms with Gasteiger partial charge in [0.2, 0.25) is 5.88 Å². The molecule has 0 spiro atoms. The average Bonchev–Trinajstić information content (AvgIpc) is 3.07. The normalized spacial score (nSPS) is 17.2. The van der Waals surface area contributed by atoms with Crippen molar-refractivity contribution < 1.29 is 14.3 Å². The Morgan fingerprint density at radius 3 is 2.95 bits per heavy atom. The van der Waals surface area contributed by atoms with Crippen LogP contribution in [0.1, 0.15) is 22.5 Å². The maximum Gasteiger partial charge on any atom is 0.253 e. The van der Waals surface area contributed by atoms with Crippen LogP contribution in [0.2, 0.25) is 0 Å². The number of hydrogen-bond acceptors (Lipinski definition) is 5. The van der Waals surface area contributed by atoms with E-state index in [4.69, 9.17) is 9.47 Å². The first kappa shape index (κ1) is 14.5. The molecule has 1 N–H and O–H groups in total. The zero-order chi connectivity index (χ0) is 15.2. The van der Waals surface area contributed by atoms with E-state index < -0.39 is 0 Å².